The van der Waals surface area contributed by atoms with Crippen molar-refractivity contribution in [2.24, 2.45) is 11.8 Å². The van der Waals surface area contributed by atoms with Crippen molar-refractivity contribution in [3.8, 4) is 0 Å². The highest BCUT2D eigenvalue weighted by Crippen LogP contribution is 2.41. The first-order chi connectivity index (χ1) is 21.8. The molecule has 47 heavy (non-hydrogen) atoms. The second-order valence-electron chi connectivity index (χ2n) is 15.4. The number of nitrogens with zero attached hydrogens (tertiary/aromatic N) is 1. The Morgan fingerprint density at radius 1 is 0.851 bits per heavy atom. The zero-order chi connectivity index (χ0) is 35.3. The molecule has 5 atom stereocenters. The van der Waals surface area contributed by atoms with Gasteiger partial charge in [-0.2, -0.15) is 0 Å². The van der Waals surface area contributed by atoms with E-state index in [-0.39, 0.29) is 30.2 Å². The number of benzene rings is 2. The highest BCUT2D eigenvalue weighted by molar-refractivity contribution is 5.94. The summed E-state index contributed by atoms with van der Waals surface area (Å²) in [5.74, 6) is -1.21. The molecule has 258 valence electrons. The van der Waals surface area contributed by atoms with Gasteiger partial charge in [-0.15, -0.1) is 0 Å². The zero-order valence-corrected chi connectivity index (χ0v) is 30.1. The van der Waals surface area contributed by atoms with E-state index in [1.807, 2.05) is 83.1 Å². The van der Waals surface area contributed by atoms with Crippen LogP contribution in [0, 0.1) is 25.7 Å². The summed E-state index contributed by atoms with van der Waals surface area (Å²) in [5.41, 5.74) is 1.97. The quantitative estimate of drug-likeness (QED) is 0.251. The van der Waals surface area contributed by atoms with E-state index in [9.17, 15) is 19.2 Å². The summed E-state index contributed by atoms with van der Waals surface area (Å²) in [6, 6.07) is 11.9. The van der Waals surface area contributed by atoms with Gasteiger partial charge < -0.3 is 25.0 Å². The van der Waals surface area contributed by atoms with Crippen molar-refractivity contribution >= 4 is 23.9 Å². The van der Waals surface area contributed by atoms with Gasteiger partial charge in [0.1, 0.15) is 29.3 Å². The lowest BCUT2D eigenvalue weighted by molar-refractivity contribution is -0.159. The highest BCUT2D eigenvalue weighted by Gasteiger charge is 2.49. The smallest absolute Gasteiger partial charge is 0.408 e. The van der Waals surface area contributed by atoms with Crippen LogP contribution < -0.4 is 10.6 Å². The van der Waals surface area contributed by atoms with E-state index in [1.165, 1.54) is 0 Å². The topological polar surface area (TPSA) is 114 Å². The molecule has 0 spiro atoms. The van der Waals surface area contributed by atoms with Crippen LogP contribution in [-0.4, -0.2) is 58.1 Å². The maximum Gasteiger partial charge on any atom is 0.408 e. The molecule has 2 aromatic rings. The van der Waals surface area contributed by atoms with Gasteiger partial charge in [0.2, 0.25) is 11.8 Å². The van der Waals surface area contributed by atoms with Crippen molar-refractivity contribution < 1.29 is 28.7 Å². The molecule has 0 aliphatic heterocycles. The highest BCUT2D eigenvalue weighted by atomic mass is 16.6. The molecule has 0 saturated heterocycles. The van der Waals surface area contributed by atoms with Gasteiger partial charge in [-0.25, -0.2) is 9.59 Å². The summed E-state index contributed by atoms with van der Waals surface area (Å²) in [6.07, 6.45) is 0.581. The Morgan fingerprint density at radius 3 is 1.96 bits per heavy atom. The van der Waals surface area contributed by atoms with Crippen LogP contribution in [0.2, 0.25) is 0 Å². The molecule has 0 bridgehead atoms. The van der Waals surface area contributed by atoms with E-state index in [0.717, 1.165) is 16.7 Å². The number of rotatable bonds is 12. The van der Waals surface area contributed by atoms with Gasteiger partial charge in [0.05, 0.1) is 0 Å². The Morgan fingerprint density at radius 2 is 1.45 bits per heavy atom. The molecule has 3 rings (SSSR count). The molecular formula is C38H55N3O6. The minimum Gasteiger partial charge on any atom is -0.458 e. The molecule has 0 radical (unpaired) electrons. The number of hydrogen-bond acceptors (Lipinski definition) is 6. The predicted molar refractivity (Wildman–Crippen MR) is 184 cm³/mol. The van der Waals surface area contributed by atoms with Crippen molar-refractivity contribution in [3.63, 3.8) is 0 Å². The van der Waals surface area contributed by atoms with Crippen molar-refractivity contribution in [1.29, 1.82) is 0 Å². The SMILES string of the molecule is Cc1ccc(C(C(=O)NC(Cc2ccccc2)C(=O)OC(C)(C)C)N(C(=O)C(CC(C)C)NC(=O)OC(C)(C)C)C2CC2C)cc1C. The molecule has 0 aromatic heterocycles. The monoisotopic (exact) mass is 649 g/mol. The van der Waals surface area contributed by atoms with Crippen LogP contribution in [0.4, 0.5) is 4.79 Å². The van der Waals surface area contributed by atoms with Crippen LogP contribution in [0.5, 0.6) is 0 Å². The van der Waals surface area contributed by atoms with Gasteiger partial charge in [0, 0.05) is 12.5 Å². The van der Waals surface area contributed by atoms with E-state index in [0.29, 0.717) is 18.4 Å². The maximum atomic E-state index is 14.7. The van der Waals surface area contributed by atoms with Crippen LogP contribution in [0.25, 0.3) is 0 Å². The standard InChI is InChI=1S/C38H55N3O6/c1-23(2)19-29(40-36(45)47-38(9,10)11)34(43)41(31-21-26(31)5)32(28-18-17-24(3)25(4)20-28)33(42)39-30(35(44)46-37(6,7)8)22-27-15-13-12-14-16-27/h12-18,20,23,26,29-32H,19,21-22H2,1-11H3,(H,39,42)(H,40,45). The van der Waals surface area contributed by atoms with Crippen LogP contribution >= 0.6 is 0 Å². The summed E-state index contributed by atoms with van der Waals surface area (Å²) >= 11 is 0. The molecule has 1 aliphatic rings. The Labute approximate surface area is 281 Å². The van der Waals surface area contributed by atoms with E-state index in [1.54, 1.807) is 46.4 Å². The maximum absolute atomic E-state index is 14.7. The van der Waals surface area contributed by atoms with Crippen LogP contribution in [0.3, 0.4) is 0 Å². The first kappa shape index (κ1) is 37.6. The normalized spacial score (nSPS) is 18.0. The number of amides is 3. The van der Waals surface area contributed by atoms with E-state index in [4.69, 9.17) is 9.47 Å². The lowest BCUT2D eigenvalue weighted by Crippen LogP contribution is -2.56. The van der Waals surface area contributed by atoms with Gasteiger partial charge in [-0.05, 0) is 102 Å². The molecular weight excluding hydrogens is 594 g/mol. The minimum atomic E-state index is -1.06. The van der Waals surface area contributed by atoms with Crippen molar-refractivity contribution in [1.82, 2.24) is 15.5 Å². The van der Waals surface area contributed by atoms with Crippen LogP contribution in [0.1, 0.15) is 103 Å². The number of hydrogen-bond donors (Lipinski definition) is 2. The summed E-state index contributed by atoms with van der Waals surface area (Å²) < 4.78 is 11.3. The summed E-state index contributed by atoms with van der Waals surface area (Å²) in [6.45, 7) is 20.6. The zero-order valence-electron chi connectivity index (χ0n) is 30.1. The van der Waals surface area contributed by atoms with Gasteiger partial charge in [-0.1, -0.05) is 69.3 Å². The third kappa shape index (κ3) is 11.4. The van der Waals surface area contributed by atoms with E-state index in [2.05, 4.69) is 10.6 Å². The molecule has 1 aliphatic carbocycles. The Balaban J connectivity index is 2.09. The van der Waals surface area contributed by atoms with Gasteiger partial charge >= 0.3 is 12.1 Å². The fourth-order valence-electron chi connectivity index (χ4n) is 5.53. The Bertz CT molecular complexity index is 1410. The number of carbonyl (C=O) groups excluding carboxylic acids is 4. The summed E-state index contributed by atoms with van der Waals surface area (Å²) in [4.78, 5) is 57.4. The number of carbonyl (C=O) groups is 4. The van der Waals surface area contributed by atoms with Gasteiger partial charge in [0.15, 0.2) is 0 Å². The largest absolute Gasteiger partial charge is 0.458 e. The van der Waals surface area contributed by atoms with Crippen molar-refractivity contribution in [3.05, 3.63) is 70.8 Å². The first-order valence-corrected chi connectivity index (χ1v) is 16.7. The second-order valence-corrected chi connectivity index (χ2v) is 15.4. The van der Waals surface area contributed by atoms with Crippen molar-refractivity contribution in [2.45, 2.75) is 131 Å². The molecule has 9 heteroatoms. The number of ether oxygens (including phenoxy) is 2. The Kier molecular flexibility index (Phi) is 12.3. The molecule has 1 fully saturated rings. The average molecular weight is 650 g/mol. The van der Waals surface area contributed by atoms with E-state index < -0.39 is 47.3 Å². The molecule has 9 nitrogen and oxygen atoms in total. The minimum absolute atomic E-state index is 0.0636. The molecule has 2 N–H and O–H groups in total. The average Bonchev–Trinajstić information content (AvgIpc) is 3.66. The number of alkyl carbamates (subject to hydrolysis) is 1. The molecule has 1 saturated carbocycles. The molecule has 3 amide bonds. The van der Waals surface area contributed by atoms with Crippen LogP contribution in [-0.2, 0) is 30.3 Å². The van der Waals surface area contributed by atoms with Crippen LogP contribution in [0.15, 0.2) is 48.5 Å². The second kappa shape index (κ2) is 15.3. The van der Waals surface area contributed by atoms with Gasteiger partial charge in [-0.3, -0.25) is 9.59 Å². The number of nitrogens with one attached hydrogen (secondary N) is 2. The lowest BCUT2D eigenvalue weighted by atomic mass is 9.96. The third-order valence-electron chi connectivity index (χ3n) is 8.04. The summed E-state index contributed by atoms with van der Waals surface area (Å²) in [7, 11) is 0. The summed E-state index contributed by atoms with van der Waals surface area (Å²) in [5, 5.41) is 5.79. The lowest BCUT2D eigenvalue weighted by Gasteiger charge is -2.36. The molecule has 0 heterocycles. The van der Waals surface area contributed by atoms with E-state index >= 15 is 0 Å². The van der Waals surface area contributed by atoms with Gasteiger partial charge in [0.25, 0.3) is 0 Å². The molecule has 5 unspecified atom stereocenters. The Hall–Kier alpha value is -3.88. The predicted octanol–water partition coefficient (Wildman–Crippen LogP) is 6.59. The fourth-order valence-corrected chi connectivity index (χ4v) is 5.53. The third-order valence-corrected chi connectivity index (χ3v) is 8.04. The molecule has 2 aromatic carbocycles. The number of esters is 1. The number of aryl methyl sites for hydroxylation is 2. The fraction of sp³-hybridized carbons (Fsp3) is 0.579. The first-order valence-electron chi connectivity index (χ1n) is 16.7. The van der Waals surface area contributed by atoms with Crippen molar-refractivity contribution in [2.75, 3.05) is 0 Å².